The molecule has 9 heteroatoms. The minimum Gasteiger partial charge on any atom is -0.490 e. The normalized spacial score (nSPS) is 13.2. The van der Waals surface area contributed by atoms with E-state index in [9.17, 15) is 9.59 Å². The van der Waals surface area contributed by atoms with Crippen LogP contribution >= 0.6 is 0 Å². The first-order chi connectivity index (χ1) is 13.5. The van der Waals surface area contributed by atoms with Crippen LogP contribution in [0, 0.1) is 13.8 Å². The van der Waals surface area contributed by atoms with E-state index < -0.39 is 12.6 Å². The summed E-state index contributed by atoms with van der Waals surface area (Å²) >= 11 is 0. The van der Waals surface area contributed by atoms with E-state index in [1.807, 2.05) is 19.9 Å². The minimum atomic E-state index is -0.787. The summed E-state index contributed by atoms with van der Waals surface area (Å²) in [5.74, 6) is 0.112. The molecule has 3 heterocycles. The predicted molar refractivity (Wildman–Crippen MR) is 96.9 cm³/mol. The molecule has 0 radical (unpaired) electrons. The predicted octanol–water partition coefficient (Wildman–Crippen LogP) is 1.94. The monoisotopic (exact) mass is 382 g/mol. The molecule has 0 bridgehead atoms. The molecule has 0 spiro atoms. The number of Topliss-reactive ketones (excluding diaryl/α,β-unsaturated/α-hetero) is 1. The van der Waals surface area contributed by atoms with Gasteiger partial charge in [0, 0.05) is 23.4 Å². The molecule has 4 rings (SSSR count). The van der Waals surface area contributed by atoms with Crippen LogP contribution in [0.5, 0.6) is 11.5 Å². The molecule has 0 N–H and O–H groups in total. The second kappa shape index (κ2) is 7.26. The Bertz CT molecular complexity index is 1080. The topological polar surface area (TPSA) is 105 Å². The van der Waals surface area contributed by atoms with E-state index in [0.717, 1.165) is 17.8 Å². The van der Waals surface area contributed by atoms with Crippen molar-refractivity contribution in [3.63, 3.8) is 0 Å². The zero-order valence-corrected chi connectivity index (χ0v) is 15.5. The van der Waals surface area contributed by atoms with Crippen LogP contribution in [-0.4, -0.2) is 51.2 Å². The molecule has 9 nitrogen and oxygen atoms in total. The van der Waals surface area contributed by atoms with Gasteiger partial charge in [-0.05, 0) is 38.1 Å². The molecule has 28 heavy (non-hydrogen) atoms. The number of aryl methyl sites for hydroxylation is 2. The number of hydrogen-bond acceptors (Lipinski definition) is 8. The Labute approximate surface area is 160 Å². The van der Waals surface area contributed by atoms with E-state index in [1.54, 1.807) is 18.2 Å². The second-order valence-corrected chi connectivity index (χ2v) is 6.40. The Balaban J connectivity index is 1.45. The molecule has 1 aromatic carbocycles. The number of esters is 1. The highest BCUT2D eigenvalue weighted by molar-refractivity contribution is 5.99. The van der Waals surface area contributed by atoms with Crippen molar-refractivity contribution in [2.45, 2.75) is 20.3 Å². The van der Waals surface area contributed by atoms with Crippen molar-refractivity contribution < 1.29 is 23.8 Å². The SMILES string of the molecule is Cc1cc(C)n2nc(C(=O)OCC(=O)c3ccc4c(c3)OCCCO4)nc2n1. The van der Waals surface area contributed by atoms with Gasteiger partial charge < -0.3 is 14.2 Å². The van der Waals surface area contributed by atoms with Crippen LogP contribution in [0.1, 0.15) is 38.8 Å². The highest BCUT2D eigenvalue weighted by Crippen LogP contribution is 2.30. The average Bonchev–Trinajstić information content (AvgIpc) is 2.96. The van der Waals surface area contributed by atoms with E-state index in [1.165, 1.54) is 4.52 Å². The van der Waals surface area contributed by atoms with Gasteiger partial charge in [0.2, 0.25) is 0 Å². The van der Waals surface area contributed by atoms with Gasteiger partial charge >= 0.3 is 5.97 Å². The van der Waals surface area contributed by atoms with E-state index in [-0.39, 0.29) is 11.6 Å². The van der Waals surface area contributed by atoms with E-state index in [4.69, 9.17) is 14.2 Å². The van der Waals surface area contributed by atoms with Gasteiger partial charge in [-0.2, -0.15) is 4.98 Å². The number of nitrogens with zero attached hydrogens (tertiary/aromatic N) is 4. The van der Waals surface area contributed by atoms with Crippen molar-refractivity contribution in [2.75, 3.05) is 19.8 Å². The number of ether oxygens (including phenoxy) is 3. The third-order valence-corrected chi connectivity index (χ3v) is 4.20. The molecule has 0 aliphatic carbocycles. The van der Waals surface area contributed by atoms with Gasteiger partial charge in [0.1, 0.15) is 0 Å². The molecule has 0 atom stereocenters. The summed E-state index contributed by atoms with van der Waals surface area (Å²) in [6.45, 7) is 4.32. The van der Waals surface area contributed by atoms with Crippen molar-refractivity contribution in [3.8, 4) is 11.5 Å². The van der Waals surface area contributed by atoms with Gasteiger partial charge in [-0.3, -0.25) is 4.79 Å². The first-order valence-electron chi connectivity index (χ1n) is 8.82. The molecule has 144 valence electrons. The van der Waals surface area contributed by atoms with Crippen molar-refractivity contribution in [1.82, 2.24) is 19.6 Å². The van der Waals surface area contributed by atoms with Crippen molar-refractivity contribution >= 4 is 17.5 Å². The molecule has 0 amide bonds. The molecule has 2 aromatic heterocycles. The lowest BCUT2D eigenvalue weighted by atomic mass is 10.1. The number of benzene rings is 1. The highest BCUT2D eigenvalue weighted by atomic mass is 16.5. The zero-order chi connectivity index (χ0) is 19.7. The Morgan fingerprint density at radius 1 is 1.11 bits per heavy atom. The fourth-order valence-corrected chi connectivity index (χ4v) is 2.87. The van der Waals surface area contributed by atoms with Gasteiger partial charge in [0.05, 0.1) is 13.2 Å². The maximum atomic E-state index is 12.4. The van der Waals surface area contributed by atoms with E-state index >= 15 is 0 Å². The third-order valence-electron chi connectivity index (χ3n) is 4.20. The number of fused-ring (bicyclic) bond motifs is 2. The summed E-state index contributed by atoms with van der Waals surface area (Å²) in [5, 5.41) is 4.09. The molecular weight excluding hydrogens is 364 g/mol. The van der Waals surface area contributed by atoms with Crippen LogP contribution < -0.4 is 9.47 Å². The van der Waals surface area contributed by atoms with Crippen LogP contribution in [-0.2, 0) is 4.74 Å². The molecule has 0 unspecified atom stereocenters. The third kappa shape index (κ3) is 3.51. The second-order valence-electron chi connectivity index (χ2n) is 6.40. The zero-order valence-electron chi connectivity index (χ0n) is 15.5. The van der Waals surface area contributed by atoms with Crippen LogP contribution in [0.15, 0.2) is 24.3 Å². The first-order valence-corrected chi connectivity index (χ1v) is 8.82. The summed E-state index contributed by atoms with van der Waals surface area (Å²) in [6, 6.07) is 6.71. The lowest BCUT2D eigenvalue weighted by Crippen LogP contribution is -2.15. The Morgan fingerprint density at radius 2 is 1.89 bits per heavy atom. The lowest BCUT2D eigenvalue weighted by molar-refractivity contribution is 0.0463. The van der Waals surface area contributed by atoms with Crippen molar-refractivity contribution in [1.29, 1.82) is 0 Å². The van der Waals surface area contributed by atoms with E-state index in [0.29, 0.717) is 36.1 Å². The first kappa shape index (κ1) is 17.9. The van der Waals surface area contributed by atoms with Gasteiger partial charge in [-0.25, -0.2) is 14.3 Å². The van der Waals surface area contributed by atoms with Crippen molar-refractivity contribution in [2.24, 2.45) is 0 Å². The minimum absolute atomic E-state index is 0.146. The fraction of sp³-hybridized carbons (Fsp3) is 0.316. The number of carbonyl (C=O) groups excluding carboxylic acids is 2. The summed E-state index contributed by atoms with van der Waals surface area (Å²) < 4.78 is 17.7. The Morgan fingerprint density at radius 3 is 2.71 bits per heavy atom. The largest absolute Gasteiger partial charge is 0.490 e. The number of aromatic nitrogens is 4. The number of ketones is 1. The summed E-state index contributed by atoms with van der Waals surface area (Å²) in [6.07, 6.45) is 0.773. The molecule has 1 aliphatic heterocycles. The summed E-state index contributed by atoms with van der Waals surface area (Å²) in [4.78, 5) is 32.9. The van der Waals surface area contributed by atoms with E-state index in [2.05, 4.69) is 15.1 Å². The smallest absolute Gasteiger partial charge is 0.378 e. The highest BCUT2D eigenvalue weighted by Gasteiger charge is 2.19. The average molecular weight is 382 g/mol. The molecule has 3 aromatic rings. The molecular formula is C19H18N4O5. The lowest BCUT2D eigenvalue weighted by Gasteiger charge is -2.08. The van der Waals surface area contributed by atoms with Gasteiger partial charge in [-0.15, -0.1) is 5.10 Å². The van der Waals surface area contributed by atoms with Crippen LogP contribution in [0.4, 0.5) is 0 Å². The van der Waals surface area contributed by atoms with Crippen LogP contribution in [0.25, 0.3) is 5.78 Å². The fourth-order valence-electron chi connectivity index (χ4n) is 2.87. The Kier molecular flexibility index (Phi) is 4.64. The van der Waals surface area contributed by atoms with Crippen molar-refractivity contribution in [3.05, 3.63) is 47.0 Å². The quantitative estimate of drug-likeness (QED) is 0.498. The maximum absolute atomic E-state index is 12.4. The molecule has 0 fully saturated rings. The van der Waals surface area contributed by atoms with Crippen LogP contribution in [0.3, 0.4) is 0 Å². The maximum Gasteiger partial charge on any atom is 0.378 e. The summed E-state index contributed by atoms with van der Waals surface area (Å²) in [5.41, 5.74) is 1.92. The molecule has 0 saturated heterocycles. The van der Waals surface area contributed by atoms with Gasteiger partial charge in [0.15, 0.2) is 23.9 Å². The molecule has 0 saturated carbocycles. The van der Waals surface area contributed by atoms with Gasteiger partial charge in [-0.1, -0.05) is 0 Å². The van der Waals surface area contributed by atoms with Gasteiger partial charge in [0.25, 0.3) is 11.6 Å². The summed E-state index contributed by atoms with van der Waals surface area (Å²) in [7, 11) is 0. The van der Waals surface area contributed by atoms with Crippen LogP contribution in [0.2, 0.25) is 0 Å². The number of hydrogen-bond donors (Lipinski definition) is 0. The number of carbonyl (C=O) groups is 2. The Hall–Kier alpha value is -3.49. The number of rotatable bonds is 4. The standard InChI is InChI=1S/C19H18N4O5/c1-11-8-12(2)23-19(20-11)21-17(22-23)18(25)28-10-14(24)13-4-5-15-16(9-13)27-7-3-6-26-15/h4-5,8-9H,3,6-7,10H2,1-2H3. The molecule has 1 aliphatic rings.